The Bertz CT molecular complexity index is 563. The number of halogens is 1. The van der Waals surface area contributed by atoms with Gasteiger partial charge < -0.3 is 5.32 Å². The second-order valence-corrected chi connectivity index (χ2v) is 5.33. The summed E-state index contributed by atoms with van der Waals surface area (Å²) in [7, 11) is 0. The summed E-state index contributed by atoms with van der Waals surface area (Å²) in [5, 5.41) is 8.90. The Morgan fingerprint density at radius 3 is 2.70 bits per heavy atom. The summed E-state index contributed by atoms with van der Waals surface area (Å²) in [5.41, 5.74) is 3.50. The normalized spacial score (nSPS) is 12.6. The third-order valence-corrected chi connectivity index (χ3v) is 3.88. The molecule has 0 fully saturated rings. The highest BCUT2D eigenvalue weighted by Gasteiger charge is 2.11. The first-order valence-corrected chi connectivity index (χ1v) is 7.56. The quantitative estimate of drug-likeness (QED) is 0.873. The Balaban J connectivity index is 2.05. The molecule has 108 valence electrons. The fourth-order valence-corrected chi connectivity index (χ4v) is 2.60. The zero-order chi connectivity index (χ0) is 14.5. The number of benzene rings is 1. The molecule has 1 heterocycles. The van der Waals surface area contributed by atoms with Crippen LogP contribution in [0.5, 0.6) is 0 Å². The van der Waals surface area contributed by atoms with Crippen molar-refractivity contribution in [3.8, 4) is 0 Å². The van der Waals surface area contributed by atoms with Crippen LogP contribution in [0.4, 0.5) is 0 Å². The van der Waals surface area contributed by atoms with Gasteiger partial charge in [-0.1, -0.05) is 36.7 Å². The van der Waals surface area contributed by atoms with Gasteiger partial charge in [-0.25, -0.2) is 0 Å². The van der Waals surface area contributed by atoms with E-state index in [-0.39, 0.29) is 6.04 Å². The summed E-state index contributed by atoms with van der Waals surface area (Å²) in [4.78, 5) is 0. The number of rotatable bonds is 6. The molecule has 0 amide bonds. The molecule has 0 aliphatic heterocycles. The maximum Gasteiger partial charge on any atom is 0.0625 e. The second kappa shape index (κ2) is 6.91. The van der Waals surface area contributed by atoms with Gasteiger partial charge in [-0.15, -0.1) is 0 Å². The summed E-state index contributed by atoms with van der Waals surface area (Å²) in [5.74, 6) is 0. The molecule has 1 unspecified atom stereocenters. The molecule has 0 spiro atoms. The van der Waals surface area contributed by atoms with Crippen LogP contribution >= 0.6 is 11.6 Å². The SMILES string of the molecule is CCc1cc(CNC(C)c2ccccc2Cl)n(CC)n1. The minimum atomic E-state index is 0.217. The van der Waals surface area contributed by atoms with Crippen molar-refractivity contribution in [3.63, 3.8) is 0 Å². The molecule has 4 heteroatoms. The molecule has 1 aromatic heterocycles. The van der Waals surface area contributed by atoms with Crippen molar-refractivity contribution < 1.29 is 0 Å². The number of aromatic nitrogens is 2. The zero-order valence-corrected chi connectivity index (χ0v) is 13.1. The average Bonchev–Trinajstić information content (AvgIpc) is 2.87. The van der Waals surface area contributed by atoms with Crippen LogP contribution in [-0.4, -0.2) is 9.78 Å². The molecule has 1 aromatic carbocycles. The van der Waals surface area contributed by atoms with Crippen LogP contribution in [0.25, 0.3) is 0 Å². The molecule has 2 aromatic rings. The van der Waals surface area contributed by atoms with Crippen LogP contribution in [0.15, 0.2) is 30.3 Å². The van der Waals surface area contributed by atoms with Crippen molar-refractivity contribution in [2.45, 2.75) is 46.3 Å². The maximum atomic E-state index is 6.23. The molecular weight excluding hydrogens is 270 g/mol. The number of nitrogens with one attached hydrogen (secondary N) is 1. The van der Waals surface area contributed by atoms with Gasteiger partial charge in [0.15, 0.2) is 0 Å². The van der Waals surface area contributed by atoms with Gasteiger partial charge in [0.1, 0.15) is 0 Å². The fraction of sp³-hybridized carbons (Fsp3) is 0.438. The standard InChI is InChI=1S/C16H22ClN3/c1-4-13-10-14(20(5-2)19-13)11-18-12(3)15-8-6-7-9-16(15)17/h6-10,12,18H,4-5,11H2,1-3H3. The van der Waals surface area contributed by atoms with E-state index in [0.717, 1.165) is 35.8 Å². The van der Waals surface area contributed by atoms with E-state index >= 15 is 0 Å². The van der Waals surface area contributed by atoms with E-state index in [4.69, 9.17) is 11.6 Å². The van der Waals surface area contributed by atoms with Crippen molar-refractivity contribution in [1.29, 1.82) is 0 Å². The van der Waals surface area contributed by atoms with Gasteiger partial charge in [0.05, 0.1) is 11.4 Å². The number of nitrogens with zero attached hydrogens (tertiary/aromatic N) is 2. The van der Waals surface area contributed by atoms with Crippen molar-refractivity contribution in [2.24, 2.45) is 0 Å². The van der Waals surface area contributed by atoms with Crippen LogP contribution in [-0.2, 0) is 19.5 Å². The topological polar surface area (TPSA) is 29.9 Å². The van der Waals surface area contributed by atoms with Crippen LogP contribution in [0.2, 0.25) is 5.02 Å². The largest absolute Gasteiger partial charge is 0.305 e. The average molecular weight is 292 g/mol. The van der Waals surface area contributed by atoms with Gasteiger partial charge in [0.2, 0.25) is 0 Å². The molecule has 1 atom stereocenters. The van der Waals surface area contributed by atoms with Crippen molar-refractivity contribution in [2.75, 3.05) is 0 Å². The van der Waals surface area contributed by atoms with E-state index in [1.165, 1.54) is 5.69 Å². The highest BCUT2D eigenvalue weighted by atomic mass is 35.5. The zero-order valence-electron chi connectivity index (χ0n) is 12.4. The first kappa shape index (κ1) is 15.1. The highest BCUT2D eigenvalue weighted by Crippen LogP contribution is 2.22. The van der Waals surface area contributed by atoms with Crippen molar-refractivity contribution in [3.05, 3.63) is 52.3 Å². The number of hydrogen-bond donors (Lipinski definition) is 1. The lowest BCUT2D eigenvalue weighted by atomic mass is 10.1. The van der Waals surface area contributed by atoms with Crippen molar-refractivity contribution in [1.82, 2.24) is 15.1 Å². The lowest BCUT2D eigenvalue weighted by molar-refractivity contribution is 0.530. The summed E-state index contributed by atoms with van der Waals surface area (Å²) < 4.78 is 2.06. The van der Waals surface area contributed by atoms with Crippen LogP contribution in [0.1, 0.15) is 43.8 Å². The summed E-state index contributed by atoms with van der Waals surface area (Å²) in [6.07, 6.45) is 0.972. The maximum absolute atomic E-state index is 6.23. The molecule has 0 saturated carbocycles. The molecular formula is C16H22ClN3. The van der Waals surface area contributed by atoms with Gasteiger partial charge in [-0.2, -0.15) is 5.10 Å². The first-order chi connectivity index (χ1) is 9.65. The Kier molecular flexibility index (Phi) is 5.21. The summed E-state index contributed by atoms with van der Waals surface area (Å²) in [6, 6.07) is 10.4. The smallest absolute Gasteiger partial charge is 0.0625 e. The number of hydrogen-bond acceptors (Lipinski definition) is 2. The Morgan fingerprint density at radius 1 is 1.30 bits per heavy atom. The minimum Gasteiger partial charge on any atom is -0.305 e. The van der Waals surface area contributed by atoms with E-state index in [1.54, 1.807) is 0 Å². The third kappa shape index (κ3) is 3.41. The Morgan fingerprint density at radius 2 is 2.05 bits per heavy atom. The molecule has 0 radical (unpaired) electrons. The van der Waals surface area contributed by atoms with E-state index in [2.05, 4.69) is 48.0 Å². The van der Waals surface area contributed by atoms with Gasteiger partial charge in [-0.05, 0) is 38.0 Å². The van der Waals surface area contributed by atoms with Crippen LogP contribution in [0.3, 0.4) is 0 Å². The van der Waals surface area contributed by atoms with E-state index < -0.39 is 0 Å². The predicted octanol–water partition coefficient (Wildman–Crippen LogP) is 3.97. The minimum absolute atomic E-state index is 0.217. The summed E-state index contributed by atoms with van der Waals surface area (Å²) >= 11 is 6.23. The van der Waals surface area contributed by atoms with E-state index in [9.17, 15) is 0 Å². The van der Waals surface area contributed by atoms with Gasteiger partial charge in [0.25, 0.3) is 0 Å². The summed E-state index contributed by atoms with van der Waals surface area (Å²) in [6.45, 7) is 8.08. The Hall–Kier alpha value is -1.32. The second-order valence-electron chi connectivity index (χ2n) is 4.92. The van der Waals surface area contributed by atoms with Gasteiger partial charge in [0, 0.05) is 24.2 Å². The first-order valence-electron chi connectivity index (χ1n) is 7.19. The highest BCUT2D eigenvalue weighted by molar-refractivity contribution is 6.31. The molecule has 0 saturated heterocycles. The molecule has 20 heavy (non-hydrogen) atoms. The predicted molar refractivity (Wildman–Crippen MR) is 84.0 cm³/mol. The fourth-order valence-electron chi connectivity index (χ4n) is 2.30. The number of aryl methyl sites for hydroxylation is 2. The monoisotopic (exact) mass is 291 g/mol. The molecule has 0 aliphatic rings. The lowest BCUT2D eigenvalue weighted by Crippen LogP contribution is -2.20. The molecule has 1 N–H and O–H groups in total. The molecule has 0 bridgehead atoms. The molecule has 2 rings (SSSR count). The van der Waals surface area contributed by atoms with Crippen LogP contribution < -0.4 is 5.32 Å². The lowest BCUT2D eigenvalue weighted by Gasteiger charge is -2.16. The molecule has 0 aliphatic carbocycles. The van der Waals surface area contributed by atoms with Gasteiger partial charge in [-0.3, -0.25) is 4.68 Å². The third-order valence-electron chi connectivity index (χ3n) is 3.54. The van der Waals surface area contributed by atoms with E-state index in [1.807, 2.05) is 18.2 Å². The van der Waals surface area contributed by atoms with Crippen LogP contribution in [0, 0.1) is 0 Å². The van der Waals surface area contributed by atoms with E-state index in [0.29, 0.717) is 0 Å². The Labute approximate surface area is 126 Å². The van der Waals surface area contributed by atoms with Crippen molar-refractivity contribution >= 4 is 11.6 Å². The van der Waals surface area contributed by atoms with Gasteiger partial charge >= 0.3 is 0 Å². The molecule has 3 nitrogen and oxygen atoms in total.